The smallest absolute Gasteiger partial charge is 0.289 e. The van der Waals surface area contributed by atoms with Gasteiger partial charge in [-0.1, -0.05) is 29.3 Å². The number of benzene rings is 1. The van der Waals surface area contributed by atoms with Crippen molar-refractivity contribution in [1.29, 1.82) is 0 Å². The predicted molar refractivity (Wildman–Crippen MR) is 55.4 cm³/mol. The maximum Gasteiger partial charge on any atom is 0.289 e. The van der Waals surface area contributed by atoms with Gasteiger partial charge in [-0.25, -0.2) is 8.78 Å². The molecule has 2 nitrogen and oxygen atoms in total. The third kappa shape index (κ3) is 2.78. The van der Waals surface area contributed by atoms with E-state index in [1.165, 1.54) is 18.2 Å². The third-order valence-corrected chi connectivity index (χ3v) is 2.53. The van der Waals surface area contributed by atoms with Gasteiger partial charge in [-0.15, -0.1) is 0 Å². The van der Waals surface area contributed by atoms with Crippen LogP contribution < -0.4 is 5.73 Å². The van der Waals surface area contributed by atoms with Gasteiger partial charge in [0.15, 0.2) is 0 Å². The van der Waals surface area contributed by atoms with Gasteiger partial charge in [-0.05, 0) is 17.7 Å². The molecule has 0 saturated heterocycles. The van der Waals surface area contributed by atoms with Crippen molar-refractivity contribution in [3.8, 4) is 0 Å². The van der Waals surface area contributed by atoms with Crippen LogP contribution in [0.15, 0.2) is 18.2 Å². The minimum absolute atomic E-state index is 0.0557. The van der Waals surface area contributed by atoms with Gasteiger partial charge in [0, 0.05) is 10.0 Å². The molecule has 0 radical (unpaired) electrons. The Labute approximate surface area is 95.6 Å². The van der Waals surface area contributed by atoms with Crippen molar-refractivity contribution in [3.05, 3.63) is 33.8 Å². The van der Waals surface area contributed by atoms with Crippen molar-refractivity contribution < 1.29 is 13.9 Å². The highest BCUT2D eigenvalue weighted by Gasteiger charge is 2.38. The van der Waals surface area contributed by atoms with Crippen LogP contribution in [-0.2, 0) is 0 Å². The number of hydrogen-bond donors (Lipinski definition) is 2. The van der Waals surface area contributed by atoms with Gasteiger partial charge in [-0.3, -0.25) is 0 Å². The molecule has 0 spiro atoms. The van der Waals surface area contributed by atoms with Crippen LogP contribution in [0.3, 0.4) is 0 Å². The molecule has 1 aromatic rings. The van der Waals surface area contributed by atoms with Crippen molar-refractivity contribution in [1.82, 2.24) is 0 Å². The van der Waals surface area contributed by atoms with E-state index in [1.807, 2.05) is 0 Å². The topological polar surface area (TPSA) is 46.2 Å². The molecule has 0 amide bonds. The Balaban J connectivity index is 3.06. The molecular formula is C9H9Cl2F2NO. The van der Waals surface area contributed by atoms with E-state index in [0.29, 0.717) is 5.02 Å². The lowest BCUT2D eigenvalue weighted by Gasteiger charge is -2.22. The molecule has 0 aromatic heterocycles. The Kier molecular flexibility index (Phi) is 3.89. The van der Waals surface area contributed by atoms with Crippen LogP contribution in [0.1, 0.15) is 11.6 Å². The summed E-state index contributed by atoms with van der Waals surface area (Å²) in [5.41, 5.74) is 5.35. The van der Waals surface area contributed by atoms with Gasteiger partial charge >= 0.3 is 0 Å². The summed E-state index contributed by atoms with van der Waals surface area (Å²) in [5, 5.41) is 8.87. The first kappa shape index (κ1) is 12.6. The van der Waals surface area contributed by atoms with E-state index in [0.717, 1.165) is 0 Å². The first-order valence-electron chi connectivity index (χ1n) is 4.07. The molecule has 0 bridgehead atoms. The molecule has 0 fully saturated rings. The number of rotatable bonds is 3. The quantitative estimate of drug-likeness (QED) is 0.873. The van der Waals surface area contributed by atoms with Gasteiger partial charge in [0.2, 0.25) is 0 Å². The van der Waals surface area contributed by atoms with Gasteiger partial charge in [-0.2, -0.15) is 0 Å². The first-order chi connectivity index (χ1) is 6.88. The molecule has 15 heavy (non-hydrogen) atoms. The molecule has 0 heterocycles. The van der Waals surface area contributed by atoms with E-state index in [-0.39, 0.29) is 10.6 Å². The zero-order valence-electron chi connectivity index (χ0n) is 7.55. The lowest BCUT2D eigenvalue weighted by atomic mass is 10.0. The molecule has 0 saturated carbocycles. The molecule has 6 heteroatoms. The zero-order chi connectivity index (χ0) is 11.6. The van der Waals surface area contributed by atoms with E-state index in [2.05, 4.69) is 0 Å². The summed E-state index contributed by atoms with van der Waals surface area (Å²) in [6.45, 7) is -1.33. The summed E-state index contributed by atoms with van der Waals surface area (Å²) >= 11 is 11.3. The lowest BCUT2D eigenvalue weighted by molar-refractivity contribution is -0.0711. The number of alkyl halides is 2. The Morgan fingerprint density at radius 1 is 1.40 bits per heavy atom. The monoisotopic (exact) mass is 255 g/mol. The molecule has 0 aliphatic heterocycles. The van der Waals surface area contributed by atoms with Crippen LogP contribution in [0, 0.1) is 0 Å². The predicted octanol–water partition coefficient (Wildman–Crippen LogP) is 2.62. The molecule has 1 aromatic carbocycles. The second-order valence-corrected chi connectivity index (χ2v) is 3.91. The fourth-order valence-corrected chi connectivity index (χ4v) is 1.61. The van der Waals surface area contributed by atoms with E-state index in [9.17, 15) is 8.78 Å². The standard InChI is InChI=1S/C9H9Cl2F2NO/c10-5-1-2-6(7(11)3-5)8(14)9(12,13)4-15/h1-3,8,15H,4,14H2/t8-/m1/s1. The Hall–Kier alpha value is -0.420. The van der Waals surface area contributed by atoms with Gasteiger partial charge in [0.05, 0.1) is 6.04 Å². The Bertz CT molecular complexity index is 360. The van der Waals surface area contributed by atoms with Crippen molar-refractivity contribution in [2.75, 3.05) is 6.61 Å². The molecule has 1 rings (SSSR count). The minimum atomic E-state index is -3.41. The summed E-state index contributed by atoms with van der Waals surface area (Å²) in [6, 6.07) is 2.41. The maximum atomic E-state index is 13.0. The molecule has 0 unspecified atom stereocenters. The van der Waals surface area contributed by atoms with E-state index < -0.39 is 18.6 Å². The summed E-state index contributed by atoms with van der Waals surface area (Å²) in [4.78, 5) is 0. The molecular weight excluding hydrogens is 247 g/mol. The lowest BCUT2D eigenvalue weighted by Crippen LogP contribution is -2.36. The van der Waals surface area contributed by atoms with E-state index in [4.69, 9.17) is 34.0 Å². The largest absolute Gasteiger partial charge is 0.390 e. The average Bonchev–Trinajstić information content (AvgIpc) is 2.17. The highest BCUT2D eigenvalue weighted by molar-refractivity contribution is 6.35. The highest BCUT2D eigenvalue weighted by atomic mass is 35.5. The molecule has 3 N–H and O–H groups in total. The van der Waals surface area contributed by atoms with Gasteiger partial charge < -0.3 is 10.8 Å². The van der Waals surface area contributed by atoms with Crippen LogP contribution in [0.2, 0.25) is 10.0 Å². The number of hydrogen-bond acceptors (Lipinski definition) is 2. The fourth-order valence-electron chi connectivity index (χ4n) is 1.08. The number of aliphatic hydroxyl groups excluding tert-OH is 1. The Morgan fingerprint density at radius 2 is 2.00 bits per heavy atom. The minimum Gasteiger partial charge on any atom is -0.390 e. The van der Waals surface area contributed by atoms with E-state index >= 15 is 0 Å². The van der Waals surface area contributed by atoms with Gasteiger partial charge in [0.25, 0.3) is 5.92 Å². The normalized spacial score (nSPS) is 14.0. The van der Waals surface area contributed by atoms with Crippen LogP contribution in [0.5, 0.6) is 0 Å². The highest BCUT2D eigenvalue weighted by Crippen LogP contribution is 2.33. The van der Waals surface area contributed by atoms with Crippen molar-refractivity contribution in [2.45, 2.75) is 12.0 Å². The number of halogens is 4. The van der Waals surface area contributed by atoms with Crippen LogP contribution >= 0.6 is 23.2 Å². The van der Waals surface area contributed by atoms with E-state index in [1.54, 1.807) is 0 Å². The molecule has 84 valence electrons. The number of nitrogens with two attached hydrogens (primary N) is 1. The SMILES string of the molecule is N[C@H](c1ccc(Cl)cc1Cl)C(F)(F)CO. The summed E-state index contributed by atoms with van der Waals surface area (Å²) < 4.78 is 26.1. The first-order valence-corrected chi connectivity index (χ1v) is 4.83. The third-order valence-electron chi connectivity index (χ3n) is 1.96. The second-order valence-electron chi connectivity index (χ2n) is 3.06. The summed E-state index contributed by atoms with van der Waals surface area (Å²) in [7, 11) is 0. The average molecular weight is 256 g/mol. The summed E-state index contributed by atoms with van der Waals surface area (Å²) in [6.07, 6.45) is 0. The van der Waals surface area contributed by atoms with Crippen LogP contribution in [0.4, 0.5) is 8.78 Å². The second kappa shape index (κ2) is 4.61. The Morgan fingerprint density at radius 3 is 2.47 bits per heavy atom. The van der Waals surface area contributed by atoms with Crippen LogP contribution in [-0.4, -0.2) is 17.6 Å². The number of aliphatic hydroxyl groups is 1. The summed E-state index contributed by atoms with van der Waals surface area (Å²) in [5.74, 6) is -3.41. The zero-order valence-corrected chi connectivity index (χ0v) is 9.06. The van der Waals surface area contributed by atoms with Crippen molar-refractivity contribution in [3.63, 3.8) is 0 Å². The van der Waals surface area contributed by atoms with Crippen molar-refractivity contribution >= 4 is 23.2 Å². The molecule has 0 aliphatic rings. The van der Waals surface area contributed by atoms with Crippen molar-refractivity contribution in [2.24, 2.45) is 5.73 Å². The maximum absolute atomic E-state index is 13.0. The fraction of sp³-hybridized carbons (Fsp3) is 0.333. The molecule has 1 atom stereocenters. The van der Waals surface area contributed by atoms with Gasteiger partial charge in [0.1, 0.15) is 6.61 Å². The van der Waals surface area contributed by atoms with Crippen LogP contribution in [0.25, 0.3) is 0 Å². The molecule has 0 aliphatic carbocycles.